The van der Waals surface area contributed by atoms with Crippen LogP contribution >= 0.6 is 0 Å². The van der Waals surface area contributed by atoms with Gasteiger partial charge in [0.25, 0.3) is 0 Å². The number of hydrogen-bond donors (Lipinski definition) is 1. The third kappa shape index (κ3) is 2.44. The minimum Gasteiger partial charge on any atom is -0.326 e. The lowest BCUT2D eigenvalue weighted by atomic mass is 9.54. The summed E-state index contributed by atoms with van der Waals surface area (Å²) in [6.07, 6.45) is 0. The molecule has 3 aromatic carbocycles. The van der Waals surface area contributed by atoms with Gasteiger partial charge in [-0.2, -0.15) is 0 Å². The molecule has 2 bridgehead atoms. The summed E-state index contributed by atoms with van der Waals surface area (Å²) in [6.45, 7) is 6.38. The topological polar surface area (TPSA) is 29.1 Å². The second-order valence-corrected chi connectivity index (χ2v) is 8.41. The van der Waals surface area contributed by atoms with Crippen LogP contribution in [-0.2, 0) is 4.79 Å². The van der Waals surface area contributed by atoms with Crippen LogP contribution in [0, 0.1) is 25.7 Å². The molecule has 2 nitrogen and oxygen atoms in total. The molecular formula is C26H25NO. The second kappa shape index (κ2) is 6.34. The average Bonchev–Trinajstić information content (AvgIpc) is 2.70. The standard InChI is InChI=1S/C26H25NO/c1-15-12-13-22(16(2)14-15)27-26(28)24-17(3)23-18-8-4-6-10-20(18)25(24)21-11-7-5-9-19(21)23/h4-14,17,23-25H,1-3H3,(H,27,28)/t17-,23?,24-,25?/m1/s1. The van der Waals surface area contributed by atoms with Crippen molar-refractivity contribution in [3.05, 3.63) is 100 Å². The molecule has 140 valence electrons. The van der Waals surface area contributed by atoms with Crippen LogP contribution in [0.5, 0.6) is 0 Å². The smallest absolute Gasteiger partial charge is 0.228 e. The zero-order valence-electron chi connectivity index (χ0n) is 16.6. The van der Waals surface area contributed by atoms with Crippen molar-refractivity contribution in [1.29, 1.82) is 0 Å². The molecule has 6 rings (SSSR count). The summed E-state index contributed by atoms with van der Waals surface area (Å²) in [4.78, 5) is 13.5. The zero-order valence-corrected chi connectivity index (χ0v) is 16.6. The zero-order chi connectivity index (χ0) is 19.4. The summed E-state index contributed by atoms with van der Waals surface area (Å²) in [5.74, 6) is 0.750. The molecule has 0 aromatic heterocycles. The van der Waals surface area contributed by atoms with Crippen LogP contribution in [0.1, 0.15) is 52.1 Å². The summed E-state index contributed by atoms with van der Waals surface area (Å²) in [6, 6.07) is 23.6. The molecule has 1 amide bonds. The van der Waals surface area contributed by atoms with Gasteiger partial charge in [-0.3, -0.25) is 4.79 Å². The van der Waals surface area contributed by atoms with Gasteiger partial charge in [0.1, 0.15) is 0 Å². The first kappa shape index (κ1) is 17.2. The molecule has 2 heteroatoms. The number of aryl methyl sites for hydroxylation is 2. The predicted octanol–water partition coefficient (Wildman–Crippen LogP) is 5.79. The Bertz CT molecular complexity index is 1040. The predicted molar refractivity (Wildman–Crippen MR) is 114 cm³/mol. The molecule has 0 heterocycles. The lowest BCUT2D eigenvalue weighted by Crippen LogP contribution is -2.44. The monoisotopic (exact) mass is 367 g/mol. The van der Waals surface area contributed by atoms with Crippen molar-refractivity contribution in [2.75, 3.05) is 5.32 Å². The van der Waals surface area contributed by atoms with Gasteiger partial charge in [-0.05, 0) is 53.6 Å². The summed E-state index contributed by atoms with van der Waals surface area (Å²) >= 11 is 0. The van der Waals surface area contributed by atoms with Crippen LogP contribution in [0.15, 0.2) is 66.7 Å². The van der Waals surface area contributed by atoms with Crippen molar-refractivity contribution < 1.29 is 4.79 Å². The van der Waals surface area contributed by atoms with Gasteiger partial charge in [0.05, 0.1) is 5.92 Å². The fourth-order valence-electron chi connectivity index (χ4n) is 5.51. The van der Waals surface area contributed by atoms with E-state index in [1.807, 2.05) is 6.07 Å². The first-order valence-electron chi connectivity index (χ1n) is 10.1. The molecule has 0 fully saturated rings. The molecule has 0 aliphatic heterocycles. The summed E-state index contributed by atoms with van der Waals surface area (Å²) in [5.41, 5.74) is 8.69. The summed E-state index contributed by atoms with van der Waals surface area (Å²) in [7, 11) is 0. The highest BCUT2D eigenvalue weighted by Crippen LogP contribution is 2.58. The maximum absolute atomic E-state index is 13.5. The van der Waals surface area contributed by atoms with E-state index < -0.39 is 0 Å². The van der Waals surface area contributed by atoms with Crippen LogP contribution < -0.4 is 5.32 Å². The quantitative estimate of drug-likeness (QED) is 0.611. The highest BCUT2D eigenvalue weighted by atomic mass is 16.1. The Morgan fingerprint density at radius 1 is 0.786 bits per heavy atom. The maximum atomic E-state index is 13.5. The highest BCUT2D eigenvalue weighted by Gasteiger charge is 2.50. The first-order chi connectivity index (χ1) is 13.6. The van der Waals surface area contributed by atoms with Crippen molar-refractivity contribution in [3.63, 3.8) is 0 Å². The number of amides is 1. The molecule has 28 heavy (non-hydrogen) atoms. The molecule has 1 N–H and O–H groups in total. The van der Waals surface area contributed by atoms with E-state index in [9.17, 15) is 4.79 Å². The Hall–Kier alpha value is -2.87. The minimum atomic E-state index is -0.0597. The van der Waals surface area contributed by atoms with Crippen molar-refractivity contribution in [1.82, 2.24) is 0 Å². The van der Waals surface area contributed by atoms with Crippen LogP contribution in [0.2, 0.25) is 0 Å². The van der Waals surface area contributed by atoms with Crippen molar-refractivity contribution in [2.24, 2.45) is 11.8 Å². The number of fused-ring (bicyclic) bond motifs is 1. The molecule has 0 spiro atoms. The number of rotatable bonds is 2. The van der Waals surface area contributed by atoms with E-state index in [0.717, 1.165) is 11.3 Å². The van der Waals surface area contributed by atoms with Gasteiger partial charge in [0, 0.05) is 17.5 Å². The van der Waals surface area contributed by atoms with Gasteiger partial charge in [-0.25, -0.2) is 0 Å². The van der Waals surface area contributed by atoms with E-state index in [4.69, 9.17) is 0 Å². The van der Waals surface area contributed by atoms with E-state index in [1.54, 1.807) is 0 Å². The number of carbonyl (C=O) groups is 1. The summed E-state index contributed by atoms with van der Waals surface area (Å²) < 4.78 is 0. The number of hydrogen-bond acceptors (Lipinski definition) is 1. The van der Waals surface area contributed by atoms with Gasteiger partial charge < -0.3 is 5.32 Å². The number of carbonyl (C=O) groups excluding carboxylic acids is 1. The van der Waals surface area contributed by atoms with Gasteiger partial charge in [-0.15, -0.1) is 0 Å². The first-order valence-corrected chi connectivity index (χ1v) is 10.1. The van der Waals surface area contributed by atoms with Crippen LogP contribution in [0.25, 0.3) is 0 Å². The van der Waals surface area contributed by atoms with Gasteiger partial charge in [0.2, 0.25) is 5.91 Å². The fraction of sp³-hybridized carbons (Fsp3) is 0.269. The van der Waals surface area contributed by atoms with Crippen molar-refractivity contribution in [2.45, 2.75) is 32.6 Å². The van der Waals surface area contributed by atoms with E-state index in [1.165, 1.54) is 27.8 Å². The Morgan fingerprint density at radius 3 is 1.86 bits per heavy atom. The summed E-state index contributed by atoms with van der Waals surface area (Å²) in [5, 5.41) is 3.25. The van der Waals surface area contributed by atoms with Crippen molar-refractivity contribution in [3.8, 4) is 0 Å². The van der Waals surface area contributed by atoms with Crippen molar-refractivity contribution >= 4 is 11.6 Å². The van der Waals surface area contributed by atoms with Crippen LogP contribution in [0.4, 0.5) is 5.69 Å². The molecule has 0 unspecified atom stereocenters. The van der Waals surface area contributed by atoms with Gasteiger partial charge in [-0.1, -0.05) is 73.2 Å². The van der Waals surface area contributed by atoms with E-state index in [2.05, 4.69) is 86.8 Å². The van der Waals surface area contributed by atoms with Gasteiger partial charge in [0.15, 0.2) is 0 Å². The molecule has 0 saturated carbocycles. The van der Waals surface area contributed by atoms with Gasteiger partial charge >= 0.3 is 0 Å². The van der Waals surface area contributed by atoms with E-state index >= 15 is 0 Å². The van der Waals surface area contributed by atoms with Crippen LogP contribution in [0.3, 0.4) is 0 Å². The highest BCUT2D eigenvalue weighted by molar-refractivity contribution is 5.95. The Labute approximate surface area is 166 Å². The average molecular weight is 367 g/mol. The molecule has 3 aromatic rings. The molecule has 0 saturated heterocycles. The SMILES string of the molecule is Cc1ccc(NC(=O)[C@H]2C3c4ccccc4C(c4ccccc43)[C@H]2C)c(C)c1. The number of anilines is 1. The Kier molecular flexibility index (Phi) is 3.90. The maximum Gasteiger partial charge on any atom is 0.228 e. The fourth-order valence-corrected chi connectivity index (χ4v) is 5.51. The Balaban J connectivity index is 1.59. The number of nitrogens with one attached hydrogen (secondary N) is 1. The lowest BCUT2D eigenvalue weighted by Gasteiger charge is -2.49. The largest absolute Gasteiger partial charge is 0.326 e. The number of benzene rings is 3. The second-order valence-electron chi connectivity index (χ2n) is 8.41. The van der Waals surface area contributed by atoms with Crippen LogP contribution in [-0.4, -0.2) is 5.91 Å². The molecule has 3 aliphatic carbocycles. The molecular weight excluding hydrogens is 342 g/mol. The van der Waals surface area contributed by atoms with E-state index in [-0.39, 0.29) is 29.6 Å². The molecule has 0 radical (unpaired) electrons. The lowest BCUT2D eigenvalue weighted by molar-refractivity contribution is -0.122. The Morgan fingerprint density at radius 2 is 1.32 bits per heavy atom. The van der Waals surface area contributed by atoms with E-state index in [0.29, 0.717) is 0 Å². The third-order valence-corrected chi connectivity index (χ3v) is 6.73. The molecule has 2 atom stereocenters. The third-order valence-electron chi connectivity index (χ3n) is 6.73. The normalized spacial score (nSPS) is 24.4. The minimum absolute atomic E-state index is 0.0597. The molecule has 3 aliphatic rings.